The molecule has 3 rings (SSSR count). The van der Waals surface area contributed by atoms with E-state index in [-0.39, 0.29) is 4.90 Å². The van der Waals surface area contributed by atoms with E-state index in [1.807, 2.05) is 0 Å². The van der Waals surface area contributed by atoms with Crippen LogP contribution in [0.15, 0.2) is 63.6 Å². The zero-order chi connectivity index (χ0) is 17.3. The van der Waals surface area contributed by atoms with Crippen molar-refractivity contribution >= 4 is 50.0 Å². The van der Waals surface area contributed by atoms with E-state index in [9.17, 15) is 13.2 Å². The van der Waals surface area contributed by atoms with E-state index < -0.39 is 15.4 Å². The van der Waals surface area contributed by atoms with Gasteiger partial charge in [0.1, 0.15) is 4.90 Å². The van der Waals surface area contributed by atoms with Crippen LogP contribution in [0.4, 0.5) is 0 Å². The number of aromatic amines is 1. The average Bonchev–Trinajstić information content (AvgIpc) is 2.53. The van der Waals surface area contributed by atoms with Crippen molar-refractivity contribution in [2.75, 3.05) is 0 Å². The van der Waals surface area contributed by atoms with Crippen molar-refractivity contribution in [3.63, 3.8) is 0 Å². The number of aromatic nitrogens is 1. The van der Waals surface area contributed by atoms with E-state index in [0.29, 0.717) is 26.5 Å². The van der Waals surface area contributed by atoms with Gasteiger partial charge in [-0.25, -0.2) is 8.42 Å². The number of hydrogen-bond donors (Lipinski definition) is 1. The van der Waals surface area contributed by atoms with Gasteiger partial charge in [-0.3, -0.25) is 4.79 Å². The summed E-state index contributed by atoms with van der Waals surface area (Å²) in [5.74, 6) is 0. The molecule has 0 aliphatic rings. The molecule has 1 heterocycles. The molecule has 0 fully saturated rings. The SMILES string of the molecule is O=c1[nH]c2cc(Cl)ccc2cc1S(=O)(=O)/C=C\c1ccc(Cl)cc1. The molecule has 0 amide bonds. The van der Waals surface area contributed by atoms with Crippen LogP contribution in [0.5, 0.6) is 0 Å². The van der Waals surface area contributed by atoms with Crippen LogP contribution in [0.1, 0.15) is 5.56 Å². The summed E-state index contributed by atoms with van der Waals surface area (Å²) in [5, 5.41) is 2.59. The highest BCUT2D eigenvalue weighted by Crippen LogP contribution is 2.20. The molecule has 1 aromatic heterocycles. The van der Waals surface area contributed by atoms with E-state index >= 15 is 0 Å². The Bertz CT molecular complexity index is 1100. The lowest BCUT2D eigenvalue weighted by molar-refractivity contribution is 0.603. The Balaban J connectivity index is 2.04. The summed E-state index contributed by atoms with van der Waals surface area (Å²) in [6.45, 7) is 0. The Hall–Kier alpha value is -2.08. The topological polar surface area (TPSA) is 67.0 Å². The standard InChI is InChI=1S/C17H11Cl2NO3S/c18-13-4-1-11(2-5-13)7-8-24(22,23)16-9-12-3-6-14(19)10-15(12)20-17(16)21/h1-10H,(H,20,21)/b8-7-. The molecule has 2 aromatic carbocycles. The largest absolute Gasteiger partial charge is 0.321 e. The maximum absolute atomic E-state index is 12.4. The van der Waals surface area contributed by atoms with Crippen molar-refractivity contribution in [1.29, 1.82) is 0 Å². The highest BCUT2D eigenvalue weighted by atomic mass is 35.5. The molecular weight excluding hydrogens is 369 g/mol. The summed E-state index contributed by atoms with van der Waals surface area (Å²) < 4.78 is 24.9. The molecule has 0 aliphatic carbocycles. The summed E-state index contributed by atoms with van der Waals surface area (Å²) in [6, 6.07) is 12.9. The molecule has 4 nitrogen and oxygen atoms in total. The van der Waals surface area contributed by atoms with E-state index in [1.54, 1.807) is 42.5 Å². The number of nitrogens with one attached hydrogen (secondary N) is 1. The summed E-state index contributed by atoms with van der Waals surface area (Å²) in [6.07, 6.45) is 1.41. The van der Waals surface area contributed by atoms with Gasteiger partial charge in [0.15, 0.2) is 0 Å². The zero-order valence-electron chi connectivity index (χ0n) is 12.2. The van der Waals surface area contributed by atoms with Gasteiger partial charge >= 0.3 is 0 Å². The third kappa shape index (κ3) is 3.53. The van der Waals surface area contributed by atoms with Crippen LogP contribution in [0.3, 0.4) is 0 Å². The highest BCUT2D eigenvalue weighted by molar-refractivity contribution is 7.94. The molecule has 0 bridgehead atoms. The molecule has 0 spiro atoms. The zero-order valence-corrected chi connectivity index (χ0v) is 14.5. The number of pyridine rings is 1. The van der Waals surface area contributed by atoms with Crippen LogP contribution in [0.25, 0.3) is 17.0 Å². The number of H-pyrrole nitrogens is 1. The van der Waals surface area contributed by atoms with Gasteiger partial charge in [0, 0.05) is 21.0 Å². The van der Waals surface area contributed by atoms with Crippen LogP contribution in [0.2, 0.25) is 10.0 Å². The van der Waals surface area contributed by atoms with Crippen LogP contribution in [-0.2, 0) is 9.84 Å². The monoisotopic (exact) mass is 379 g/mol. The third-order valence-corrected chi connectivity index (χ3v) is 5.29. The first kappa shape index (κ1) is 16.8. The molecular formula is C17H11Cl2NO3S. The lowest BCUT2D eigenvalue weighted by atomic mass is 10.2. The maximum atomic E-state index is 12.4. The van der Waals surface area contributed by atoms with Crippen LogP contribution >= 0.6 is 23.2 Å². The fraction of sp³-hybridized carbons (Fsp3) is 0. The number of hydrogen-bond acceptors (Lipinski definition) is 3. The predicted molar refractivity (Wildman–Crippen MR) is 97.3 cm³/mol. The van der Waals surface area contributed by atoms with Gasteiger partial charge in [-0.1, -0.05) is 41.4 Å². The number of fused-ring (bicyclic) bond motifs is 1. The van der Waals surface area contributed by atoms with Gasteiger partial charge in [-0.15, -0.1) is 0 Å². The van der Waals surface area contributed by atoms with Crippen LogP contribution < -0.4 is 5.56 Å². The van der Waals surface area contributed by atoms with Gasteiger partial charge in [0.05, 0.1) is 0 Å². The normalized spacial score (nSPS) is 12.1. The summed E-state index contributed by atoms with van der Waals surface area (Å²) in [7, 11) is -3.89. The minimum Gasteiger partial charge on any atom is -0.321 e. The first-order valence-electron chi connectivity index (χ1n) is 6.86. The Morgan fingerprint density at radius 1 is 0.917 bits per heavy atom. The van der Waals surface area contributed by atoms with Crippen molar-refractivity contribution in [3.8, 4) is 0 Å². The predicted octanol–water partition coefficient (Wildman–Crippen LogP) is 4.28. The van der Waals surface area contributed by atoms with Gasteiger partial charge in [-0.05, 0) is 47.4 Å². The Kier molecular flexibility index (Phi) is 4.49. The second kappa shape index (κ2) is 6.43. The molecule has 0 unspecified atom stereocenters. The lowest BCUT2D eigenvalue weighted by Gasteiger charge is -2.03. The first-order valence-corrected chi connectivity index (χ1v) is 9.17. The molecule has 0 atom stereocenters. The van der Waals surface area contributed by atoms with E-state index in [1.165, 1.54) is 12.1 Å². The van der Waals surface area contributed by atoms with Crippen molar-refractivity contribution < 1.29 is 8.42 Å². The Morgan fingerprint density at radius 2 is 1.58 bits per heavy atom. The van der Waals surface area contributed by atoms with Gasteiger partial charge in [-0.2, -0.15) is 0 Å². The molecule has 0 saturated carbocycles. The van der Waals surface area contributed by atoms with Crippen molar-refractivity contribution in [3.05, 3.63) is 79.9 Å². The average molecular weight is 380 g/mol. The molecule has 3 aromatic rings. The van der Waals surface area contributed by atoms with Crippen molar-refractivity contribution in [2.24, 2.45) is 0 Å². The molecule has 122 valence electrons. The van der Waals surface area contributed by atoms with Gasteiger partial charge in [0.2, 0.25) is 9.84 Å². The smallest absolute Gasteiger partial charge is 0.267 e. The summed E-state index contributed by atoms with van der Waals surface area (Å²) in [5.41, 5.74) is 0.450. The van der Waals surface area contributed by atoms with E-state index in [2.05, 4.69) is 4.98 Å². The van der Waals surface area contributed by atoms with Crippen LogP contribution in [0, 0.1) is 0 Å². The minimum atomic E-state index is -3.89. The van der Waals surface area contributed by atoms with E-state index in [4.69, 9.17) is 23.2 Å². The molecule has 0 aliphatic heterocycles. The molecule has 0 saturated heterocycles. The second-order valence-corrected chi connectivity index (χ2v) is 7.77. The van der Waals surface area contributed by atoms with Crippen molar-refractivity contribution in [1.82, 2.24) is 4.98 Å². The second-order valence-electron chi connectivity index (χ2n) is 5.09. The molecule has 7 heteroatoms. The quantitative estimate of drug-likeness (QED) is 0.738. The number of rotatable bonds is 3. The van der Waals surface area contributed by atoms with Crippen LogP contribution in [-0.4, -0.2) is 13.4 Å². The molecule has 0 radical (unpaired) electrons. The number of halogens is 2. The first-order chi connectivity index (χ1) is 11.3. The Labute approximate surface area is 148 Å². The highest BCUT2D eigenvalue weighted by Gasteiger charge is 2.16. The molecule has 24 heavy (non-hydrogen) atoms. The lowest BCUT2D eigenvalue weighted by Crippen LogP contribution is -2.15. The fourth-order valence-corrected chi connectivity index (χ4v) is 3.56. The van der Waals surface area contributed by atoms with Gasteiger partial charge < -0.3 is 4.98 Å². The maximum Gasteiger partial charge on any atom is 0.267 e. The molecule has 1 N–H and O–H groups in total. The fourth-order valence-electron chi connectivity index (χ4n) is 2.18. The van der Waals surface area contributed by atoms with Crippen molar-refractivity contribution in [2.45, 2.75) is 4.90 Å². The summed E-state index contributed by atoms with van der Waals surface area (Å²) >= 11 is 11.7. The number of sulfone groups is 1. The minimum absolute atomic E-state index is 0.317. The summed E-state index contributed by atoms with van der Waals surface area (Å²) in [4.78, 5) is 14.3. The van der Waals surface area contributed by atoms with E-state index in [0.717, 1.165) is 5.41 Å². The number of benzene rings is 2. The Morgan fingerprint density at radius 3 is 2.29 bits per heavy atom. The van der Waals surface area contributed by atoms with Gasteiger partial charge in [0.25, 0.3) is 5.56 Å². The third-order valence-electron chi connectivity index (χ3n) is 3.39.